The van der Waals surface area contributed by atoms with E-state index in [1.165, 1.54) is 0 Å². The Labute approximate surface area is 125 Å². The number of carbonyl (C=O) groups is 2. The topological polar surface area (TPSA) is 82.1 Å². The van der Waals surface area contributed by atoms with Crippen LogP contribution in [0.4, 0.5) is 4.79 Å². The van der Waals surface area contributed by atoms with Crippen molar-refractivity contribution in [2.75, 3.05) is 33.7 Å². The molecule has 2 saturated heterocycles. The second kappa shape index (κ2) is 7.09. The first-order valence-corrected chi connectivity index (χ1v) is 7.55. The number of likely N-dealkylation sites (tertiary alicyclic amines) is 1. The minimum Gasteiger partial charge on any atom is -0.479 e. The first kappa shape index (κ1) is 16.0. The van der Waals surface area contributed by atoms with Gasteiger partial charge in [-0.25, -0.2) is 9.59 Å². The van der Waals surface area contributed by atoms with Crippen molar-refractivity contribution in [1.82, 2.24) is 15.1 Å². The highest BCUT2D eigenvalue weighted by Crippen LogP contribution is 2.19. The van der Waals surface area contributed by atoms with Crippen molar-refractivity contribution in [2.24, 2.45) is 0 Å². The molecule has 0 aromatic carbocycles. The fraction of sp³-hybridized carbons (Fsp3) is 0.857. The Morgan fingerprint density at radius 2 is 2.14 bits per heavy atom. The maximum absolute atomic E-state index is 12.1. The molecule has 7 nitrogen and oxygen atoms in total. The summed E-state index contributed by atoms with van der Waals surface area (Å²) in [7, 11) is 3.88. The van der Waals surface area contributed by atoms with Crippen LogP contribution in [0.1, 0.15) is 25.7 Å². The predicted molar refractivity (Wildman–Crippen MR) is 77.2 cm³/mol. The van der Waals surface area contributed by atoms with Gasteiger partial charge in [-0.3, -0.25) is 0 Å². The number of nitrogens with one attached hydrogen (secondary N) is 1. The third-order valence-electron chi connectivity index (χ3n) is 4.33. The molecule has 0 radical (unpaired) electrons. The van der Waals surface area contributed by atoms with Crippen LogP contribution < -0.4 is 5.32 Å². The van der Waals surface area contributed by atoms with E-state index in [0.29, 0.717) is 19.4 Å². The lowest BCUT2D eigenvalue weighted by molar-refractivity contribution is -0.149. The van der Waals surface area contributed by atoms with Crippen LogP contribution in [0.25, 0.3) is 0 Å². The van der Waals surface area contributed by atoms with E-state index in [0.717, 1.165) is 25.9 Å². The number of hydrogen-bond acceptors (Lipinski definition) is 4. The van der Waals surface area contributed by atoms with E-state index >= 15 is 0 Å². The molecule has 0 aromatic rings. The highest BCUT2D eigenvalue weighted by molar-refractivity contribution is 5.74. The number of carboxylic acid groups (broad SMARTS) is 1. The lowest BCUT2D eigenvalue weighted by atomic mass is 10.1. The zero-order valence-electron chi connectivity index (χ0n) is 12.7. The SMILES string of the molecule is CN1CCCC(N(C)C(=O)NCC2CCC(C(=O)O)O2)C1. The van der Waals surface area contributed by atoms with Gasteiger partial charge in [-0.05, 0) is 39.3 Å². The fourth-order valence-corrected chi connectivity index (χ4v) is 2.98. The quantitative estimate of drug-likeness (QED) is 0.783. The molecule has 2 fully saturated rings. The number of rotatable bonds is 4. The van der Waals surface area contributed by atoms with Gasteiger partial charge in [0.15, 0.2) is 6.10 Å². The molecule has 2 amide bonds. The average molecular weight is 299 g/mol. The van der Waals surface area contributed by atoms with Gasteiger partial charge in [-0.15, -0.1) is 0 Å². The van der Waals surface area contributed by atoms with Gasteiger partial charge in [0.1, 0.15) is 0 Å². The van der Waals surface area contributed by atoms with Crippen LogP contribution in [0, 0.1) is 0 Å². The molecule has 2 rings (SSSR count). The maximum atomic E-state index is 12.1. The van der Waals surface area contributed by atoms with Gasteiger partial charge in [0.25, 0.3) is 0 Å². The number of piperidine rings is 1. The smallest absolute Gasteiger partial charge is 0.332 e. The van der Waals surface area contributed by atoms with Crippen molar-refractivity contribution in [2.45, 2.75) is 43.9 Å². The molecule has 0 bridgehead atoms. The summed E-state index contributed by atoms with van der Waals surface area (Å²) in [6.45, 7) is 2.35. The molecule has 7 heteroatoms. The molecule has 0 saturated carbocycles. The first-order valence-electron chi connectivity index (χ1n) is 7.55. The van der Waals surface area contributed by atoms with Crippen molar-refractivity contribution >= 4 is 12.0 Å². The molecule has 0 aromatic heterocycles. The van der Waals surface area contributed by atoms with Gasteiger partial charge in [-0.2, -0.15) is 0 Å². The third kappa shape index (κ3) is 4.31. The molecular formula is C14H25N3O4. The Morgan fingerprint density at radius 3 is 2.76 bits per heavy atom. The summed E-state index contributed by atoms with van der Waals surface area (Å²) in [5.41, 5.74) is 0. The number of carbonyl (C=O) groups excluding carboxylic acids is 1. The lowest BCUT2D eigenvalue weighted by Crippen LogP contribution is -2.51. The Morgan fingerprint density at radius 1 is 1.38 bits per heavy atom. The maximum Gasteiger partial charge on any atom is 0.332 e. The van der Waals surface area contributed by atoms with Crippen molar-refractivity contribution in [3.8, 4) is 0 Å². The molecule has 3 atom stereocenters. The van der Waals surface area contributed by atoms with Crippen molar-refractivity contribution < 1.29 is 19.4 Å². The van der Waals surface area contributed by atoms with E-state index < -0.39 is 12.1 Å². The normalized spacial score (nSPS) is 30.1. The zero-order valence-corrected chi connectivity index (χ0v) is 12.7. The monoisotopic (exact) mass is 299 g/mol. The summed E-state index contributed by atoms with van der Waals surface area (Å²) in [4.78, 5) is 26.9. The summed E-state index contributed by atoms with van der Waals surface area (Å²) >= 11 is 0. The van der Waals surface area contributed by atoms with Crippen LogP contribution in [-0.4, -0.2) is 78.9 Å². The minimum absolute atomic E-state index is 0.113. The molecule has 0 spiro atoms. The molecule has 0 aliphatic carbocycles. The van der Waals surface area contributed by atoms with Crippen molar-refractivity contribution in [3.63, 3.8) is 0 Å². The number of nitrogens with zero attached hydrogens (tertiary/aromatic N) is 2. The molecule has 2 N–H and O–H groups in total. The van der Waals surface area contributed by atoms with Crippen LogP contribution in [0.15, 0.2) is 0 Å². The summed E-state index contributed by atoms with van der Waals surface area (Å²) in [6, 6.07) is 0.123. The van der Waals surface area contributed by atoms with Gasteiger partial charge < -0.3 is 25.0 Å². The molecule has 2 aliphatic rings. The van der Waals surface area contributed by atoms with Crippen LogP contribution in [-0.2, 0) is 9.53 Å². The van der Waals surface area contributed by atoms with E-state index in [2.05, 4.69) is 17.3 Å². The lowest BCUT2D eigenvalue weighted by Gasteiger charge is -2.35. The Hall–Kier alpha value is -1.34. The minimum atomic E-state index is -0.925. The van der Waals surface area contributed by atoms with Crippen LogP contribution in [0.2, 0.25) is 0 Å². The number of amides is 2. The van der Waals surface area contributed by atoms with Gasteiger partial charge >= 0.3 is 12.0 Å². The number of ether oxygens (including phenoxy) is 1. The molecule has 120 valence electrons. The number of hydrogen-bond donors (Lipinski definition) is 2. The fourth-order valence-electron chi connectivity index (χ4n) is 2.98. The molecule has 21 heavy (non-hydrogen) atoms. The van der Waals surface area contributed by atoms with Gasteiger partial charge in [0, 0.05) is 26.2 Å². The first-order chi connectivity index (χ1) is 9.97. The van der Waals surface area contributed by atoms with Crippen LogP contribution in [0.3, 0.4) is 0 Å². The van der Waals surface area contributed by atoms with Crippen LogP contribution in [0.5, 0.6) is 0 Å². The molecule has 3 unspecified atom stereocenters. The van der Waals surface area contributed by atoms with E-state index in [9.17, 15) is 9.59 Å². The van der Waals surface area contributed by atoms with E-state index in [1.807, 2.05) is 7.05 Å². The van der Waals surface area contributed by atoms with Gasteiger partial charge in [-0.1, -0.05) is 0 Å². The Bertz CT molecular complexity index is 390. The number of carboxylic acids is 1. The summed E-state index contributed by atoms with van der Waals surface area (Å²) in [5.74, 6) is -0.925. The summed E-state index contributed by atoms with van der Waals surface area (Å²) in [5, 5.41) is 11.7. The zero-order chi connectivity index (χ0) is 15.4. The summed E-state index contributed by atoms with van der Waals surface area (Å²) < 4.78 is 5.37. The van der Waals surface area contributed by atoms with E-state index in [1.54, 1.807) is 4.90 Å². The number of likely N-dealkylation sites (N-methyl/N-ethyl adjacent to an activating group) is 2. The molecule has 2 aliphatic heterocycles. The number of urea groups is 1. The third-order valence-corrected chi connectivity index (χ3v) is 4.33. The second-order valence-electron chi connectivity index (χ2n) is 6.02. The Kier molecular flexibility index (Phi) is 5.41. The van der Waals surface area contributed by atoms with E-state index in [4.69, 9.17) is 9.84 Å². The predicted octanol–water partition coefficient (Wildman–Crippen LogP) is 0.354. The van der Waals surface area contributed by atoms with Gasteiger partial charge in [0.2, 0.25) is 0 Å². The highest BCUT2D eigenvalue weighted by atomic mass is 16.5. The molecule has 2 heterocycles. The van der Waals surface area contributed by atoms with Crippen LogP contribution >= 0.6 is 0 Å². The molecular weight excluding hydrogens is 274 g/mol. The Balaban J connectivity index is 1.73. The van der Waals surface area contributed by atoms with E-state index in [-0.39, 0.29) is 18.2 Å². The second-order valence-corrected chi connectivity index (χ2v) is 6.02. The van der Waals surface area contributed by atoms with Crippen molar-refractivity contribution in [3.05, 3.63) is 0 Å². The number of aliphatic carboxylic acids is 1. The standard InChI is InChI=1S/C14H25N3O4/c1-16-7-3-4-10(9-16)17(2)14(20)15-8-11-5-6-12(21-11)13(18)19/h10-12H,3-9H2,1-2H3,(H,15,20)(H,18,19). The summed E-state index contributed by atoms with van der Waals surface area (Å²) in [6.07, 6.45) is 2.39. The van der Waals surface area contributed by atoms with Gasteiger partial charge in [0.05, 0.1) is 6.10 Å². The average Bonchev–Trinajstić information content (AvgIpc) is 2.93. The largest absolute Gasteiger partial charge is 0.479 e. The van der Waals surface area contributed by atoms with Crippen molar-refractivity contribution in [1.29, 1.82) is 0 Å². The highest BCUT2D eigenvalue weighted by Gasteiger charge is 2.31.